The molecule has 0 aliphatic rings. The lowest BCUT2D eigenvalue weighted by atomic mass is 9.99. The average Bonchev–Trinajstić information content (AvgIpc) is 3.25. The smallest absolute Gasteiger partial charge is 0.255 e. The van der Waals surface area contributed by atoms with E-state index in [1.807, 2.05) is 16.8 Å². The first-order valence-corrected chi connectivity index (χ1v) is 8.00. The zero-order valence-corrected chi connectivity index (χ0v) is 13.3. The minimum atomic E-state index is -1.12. The average molecular weight is 328 g/mol. The highest BCUT2D eigenvalue weighted by Gasteiger charge is 2.25. The maximum atomic E-state index is 12.5. The maximum absolute atomic E-state index is 12.5. The van der Waals surface area contributed by atoms with E-state index in [-0.39, 0.29) is 12.5 Å². The Kier molecular flexibility index (Phi) is 4.22. The second-order valence-corrected chi connectivity index (χ2v) is 6.07. The molecule has 3 aromatic rings. The largest absolute Gasteiger partial charge is 0.384 e. The third kappa shape index (κ3) is 3.30. The number of hydrogen-bond acceptors (Lipinski definition) is 5. The molecule has 1 atom stereocenters. The van der Waals surface area contributed by atoms with Crippen molar-refractivity contribution < 1.29 is 9.90 Å². The number of nitrogens with zero attached hydrogens (tertiary/aromatic N) is 3. The Balaban J connectivity index is 1.77. The summed E-state index contributed by atoms with van der Waals surface area (Å²) in [6.45, 7) is 1.78. The third-order valence-electron chi connectivity index (χ3n) is 3.49. The molecule has 0 spiro atoms. The van der Waals surface area contributed by atoms with Gasteiger partial charge in [-0.05, 0) is 47.5 Å². The molecule has 0 saturated carbocycles. The highest BCUT2D eigenvalue weighted by Crippen LogP contribution is 2.22. The number of hydrogen-bond donors (Lipinski definition) is 2. The summed E-state index contributed by atoms with van der Waals surface area (Å²) in [7, 11) is 0. The molecule has 0 radical (unpaired) electrons. The molecular weight excluding hydrogens is 312 g/mol. The summed E-state index contributed by atoms with van der Waals surface area (Å²) in [6, 6.07) is 6.98. The summed E-state index contributed by atoms with van der Waals surface area (Å²) in [4.78, 5) is 16.7. The van der Waals surface area contributed by atoms with Gasteiger partial charge in [0.2, 0.25) is 0 Å². The molecule has 0 aromatic carbocycles. The Morgan fingerprint density at radius 3 is 2.96 bits per heavy atom. The van der Waals surface area contributed by atoms with Crippen molar-refractivity contribution in [2.24, 2.45) is 0 Å². The topological polar surface area (TPSA) is 80.0 Å². The van der Waals surface area contributed by atoms with Gasteiger partial charge < -0.3 is 10.4 Å². The van der Waals surface area contributed by atoms with E-state index in [9.17, 15) is 9.90 Å². The van der Waals surface area contributed by atoms with Crippen LogP contribution in [0.1, 0.15) is 22.8 Å². The number of thiophene rings is 1. The van der Waals surface area contributed by atoms with E-state index in [1.165, 1.54) is 16.0 Å². The van der Waals surface area contributed by atoms with Gasteiger partial charge in [-0.3, -0.25) is 4.79 Å². The molecule has 3 rings (SSSR count). The highest BCUT2D eigenvalue weighted by molar-refractivity contribution is 7.08. The molecule has 3 aromatic heterocycles. The summed E-state index contributed by atoms with van der Waals surface area (Å²) in [5.74, 6) is 0.143. The summed E-state index contributed by atoms with van der Waals surface area (Å²) in [5.41, 5.74) is 0.0580. The van der Waals surface area contributed by atoms with E-state index in [1.54, 1.807) is 43.7 Å². The minimum absolute atomic E-state index is 0.107. The molecule has 0 aliphatic heterocycles. The number of carbonyl (C=O) groups is 1. The van der Waals surface area contributed by atoms with Crippen LogP contribution in [0.15, 0.2) is 53.6 Å². The van der Waals surface area contributed by atoms with Gasteiger partial charge >= 0.3 is 0 Å². The Morgan fingerprint density at radius 1 is 1.39 bits per heavy atom. The van der Waals surface area contributed by atoms with E-state index in [2.05, 4.69) is 15.4 Å². The Hall–Kier alpha value is -2.51. The number of aromatic nitrogens is 3. The summed E-state index contributed by atoms with van der Waals surface area (Å²) in [6.07, 6.45) is 4.95. The first kappa shape index (κ1) is 15.4. The summed E-state index contributed by atoms with van der Waals surface area (Å²) in [5, 5.41) is 21.1. The number of aliphatic hydroxyl groups is 1. The van der Waals surface area contributed by atoms with E-state index in [4.69, 9.17) is 0 Å². The van der Waals surface area contributed by atoms with Crippen LogP contribution in [0.4, 0.5) is 0 Å². The van der Waals surface area contributed by atoms with Crippen molar-refractivity contribution in [3.05, 3.63) is 64.7 Å². The first-order chi connectivity index (χ1) is 11.1. The fourth-order valence-corrected chi connectivity index (χ4v) is 2.95. The number of rotatable bonds is 5. The number of amides is 1. The van der Waals surface area contributed by atoms with Gasteiger partial charge in [0.15, 0.2) is 5.82 Å². The molecule has 23 heavy (non-hydrogen) atoms. The summed E-state index contributed by atoms with van der Waals surface area (Å²) >= 11 is 1.50. The Bertz CT molecular complexity index is 782. The lowest BCUT2D eigenvalue weighted by molar-refractivity contribution is 0.0530. The quantitative estimate of drug-likeness (QED) is 0.750. The molecule has 2 N–H and O–H groups in total. The van der Waals surface area contributed by atoms with Crippen LogP contribution >= 0.6 is 11.3 Å². The predicted molar refractivity (Wildman–Crippen MR) is 87.6 cm³/mol. The lowest BCUT2D eigenvalue weighted by Crippen LogP contribution is -2.38. The van der Waals surface area contributed by atoms with E-state index in [0.717, 1.165) is 5.56 Å². The Morgan fingerprint density at radius 2 is 2.26 bits per heavy atom. The molecule has 1 amide bonds. The van der Waals surface area contributed by atoms with Crippen LogP contribution < -0.4 is 5.32 Å². The molecule has 0 unspecified atom stereocenters. The number of carbonyl (C=O) groups excluding carboxylic acids is 1. The van der Waals surface area contributed by atoms with Crippen molar-refractivity contribution in [3.63, 3.8) is 0 Å². The van der Waals surface area contributed by atoms with E-state index >= 15 is 0 Å². The van der Waals surface area contributed by atoms with Crippen LogP contribution in [-0.2, 0) is 5.60 Å². The van der Waals surface area contributed by atoms with Crippen LogP contribution in [-0.4, -0.2) is 32.3 Å². The standard InChI is InChI=1S/C16H16N4O2S/c1-16(22,12-5-9-23-10-12)11-18-15(21)13-4-2-6-17-14(13)20-8-3-7-19-20/h2-10,22H,11H2,1H3,(H,18,21)/t16-/m0/s1. The molecule has 0 fully saturated rings. The lowest BCUT2D eigenvalue weighted by Gasteiger charge is -2.23. The Labute approximate surface area is 137 Å². The van der Waals surface area contributed by atoms with Crippen molar-refractivity contribution in [1.82, 2.24) is 20.1 Å². The molecular formula is C16H16N4O2S. The monoisotopic (exact) mass is 328 g/mol. The molecule has 7 heteroatoms. The second-order valence-electron chi connectivity index (χ2n) is 5.29. The van der Waals surface area contributed by atoms with Crippen LogP contribution in [0, 0.1) is 0 Å². The normalized spacial score (nSPS) is 13.5. The van der Waals surface area contributed by atoms with Crippen molar-refractivity contribution in [3.8, 4) is 5.82 Å². The molecule has 0 bridgehead atoms. The van der Waals surface area contributed by atoms with Crippen LogP contribution in [0.5, 0.6) is 0 Å². The van der Waals surface area contributed by atoms with E-state index in [0.29, 0.717) is 11.4 Å². The first-order valence-electron chi connectivity index (χ1n) is 7.06. The highest BCUT2D eigenvalue weighted by atomic mass is 32.1. The fourth-order valence-electron chi connectivity index (χ4n) is 2.17. The van der Waals surface area contributed by atoms with Crippen LogP contribution in [0.25, 0.3) is 5.82 Å². The minimum Gasteiger partial charge on any atom is -0.384 e. The van der Waals surface area contributed by atoms with Gasteiger partial charge in [-0.15, -0.1) is 0 Å². The number of nitrogens with one attached hydrogen (secondary N) is 1. The van der Waals surface area contributed by atoms with Crippen molar-refractivity contribution in [1.29, 1.82) is 0 Å². The van der Waals surface area contributed by atoms with Crippen LogP contribution in [0.2, 0.25) is 0 Å². The summed E-state index contributed by atoms with van der Waals surface area (Å²) < 4.78 is 1.53. The van der Waals surface area contributed by atoms with Gasteiger partial charge in [-0.2, -0.15) is 16.4 Å². The predicted octanol–water partition coefficient (Wildman–Crippen LogP) is 1.97. The van der Waals surface area contributed by atoms with E-state index < -0.39 is 5.60 Å². The van der Waals surface area contributed by atoms with Crippen LogP contribution in [0.3, 0.4) is 0 Å². The van der Waals surface area contributed by atoms with Gasteiger partial charge in [0.25, 0.3) is 5.91 Å². The SMILES string of the molecule is C[C@](O)(CNC(=O)c1cccnc1-n1cccn1)c1ccsc1. The van der Waals surface area contributed by atoms with Crippen molar-refractivity contribution in [2.45, 2.75) is 12.5 Å². The molecule has 3 heterocycles. The van der Waals surface area contributed by atoms with Gasteiger partial charge in [-0.25, -0.2) is 9.67 Å². The van der Waals surface area contributed by atoms with Gasteiger partial charge in [0.1, 0.15) is 5.60 Å². The fraction of sp³-hybridized carbons (Fsp3) is 0.188. The van der Waals surface area contributed by atoms with Gasteiger partial charge in [0, 0.05) is 18.6 Å². The van der Waals surface area contributed by atoms with Gasteiger partial charge in [0.05, 0.1) is 12.1 Å². The molecule has 6 nitrogen and oxygen atoms in total. The zero-order chi connectivity index (χ0) is 16.3. The van der Waals surface area contributed by atoms with Crippen molar-refractivity contribution >= 4 is 17.2 Å². The molecule has 0 saturated heterocycles. The number of pyridine rings is 1. The van der Waals surface area contributed by atoms with Gasteiger partial charge in [-0.1, -0.05) is 0 Å². The molecule has 118 valence electrons. The zero-order valence-electron chi connectivity index (χ0n) is 12.5. The molecule has 0 aliphatic carbocycles. The maximum Gasteiger partial charge on any atom is 0.255 e. The van der Waals surface area contributed by atoms with Crippen molar-refractivity contribution in [2.75, 3.05) is 6.54 Å². The third-order valence-corrected chi connectivity index (χ3v) is 4.17. The second kappa shape index (κ2) is 6.31.